The standard InChI is InChI=1S/C12H25O7PS/c1-4-17-20(13,18-5-2)10-21(14,15)9-11-7-6-8-12(16-3)19-11/h11-12H,4-10H2,1-3H3/t11-,12-/m0/s1. The van der Waals surface area contributed by atoms with Gasteiger partial charge in [-0.15, -0.1) is 0 Å². The molecule has 0 spiro atoms. The summed E-state index contributed by atoms with van der Waals surface area (Å²) in [6.07, 6.45) is 1.43. The van der Waals surface area contributed by atoms with Crippen molar-refractivity contribution in [3.8, 4) is 0 Å². The van der Waals surface area contributed by atoms with Gasteiger partial charge >= 0.3 is 7.60 Å². The van der Waals surface area contributed by atoms with Crippen LogP contribution >= 0.6 is 7.60 Å². The van der Waals surface area contributed by atoms with Crippen molar-refractivity contribution in [1.82, 2.24) is 0 Å². The van der Waals surface area contributed by atoms with Crippen molar-refractivity contribution >= 4 is 17.4 Å². The van der Waals surface area contributed by atoms with Crippen LogP contribution < -0.4 is 0 Å². The molecular formula is C12H25O7PS. The predicted molar refractivity (Wildman–Crippen MR) is 79.0 cm³/mol. The first-order valence-electron chi connectivity index (χ1n) is 7.11. The van der Waals surface area contributed by atoms with E-state index < -0.39 is 29.0 Å². The van der Waals surface area contributed by atoms with Crippen molar-refractivity contribution in [3.63, 3.8) is 0 Å². The summed E-state index contributed by atoms with van der Waals surface area (Å²) in [5, 5.41) is 0. The molecule has 0 aromatic heterocycles. The molecule has 0 aromatic carbocycles. The lowest BCUT2D eigenvalue weighted by molar-refractivity contribution is -0.173. The molecule has 0 aliphatic carbocycles. The van der Waals surface area contributed by atoms with E-state index in [1.165, 1.54) is 7.11 Å². The Hall–Kier alpha value is 0.0200. The molecule has 0 unspecified atom stereocenters. The quantitative estimate of drug-likeness (QED) is 0.592. The second-order valence-corrected chi connectivity index (χ2v) is 9.43. The fourth-order valence-corrected chi connectivity index (χ4v) is 6.86. The molecule has 0 N–H and O–H groups in total. The summed E-state index contributed by atoms with van der Waals surface area (Å²) in [6, 6.07) is 0. The Morgan fingerprint density at radius 3 is 2.33 bits per heavy atom. The Balaban J connectivity index is 2.65. The Morgan fingerprint density at radius 1 is 1.19 bits per heavy atom. The zero-order chi connectivity index (χ0) is 15.9. The molecule has 1 saturated heterocycles. The summed E-state index contributed by atoms with van der Waals surface area (Å²) >= 11 is 0. The zero-order valence-electron chi connectivity index (χ0n) is 12.8. The van der Waals surface area contributed by atoms with E-state index in [2.05, 4.69) is 0 Å². The first kappa shape index (κ1) is 19.1. The molecule has 1 aliphatic rings. The normalized spacial score (nSPS) is 24.1. The second kappa shape index (κ2) is 8.60. The highest BCUT2D eigenvalue weighted by atomic mass is 32.2. The smallest absolute Gasteiger partial charge is 0.345 e. The molecule has 9 heteroatoms. The van der Waals surface area contributed by atoms with Crippen molar-refractivity contribution in [1.29, 1.82) is 0 Å². The fraction of sp³-hybridized carbons (Fsp3) is 1.00. The minimum atomic E-state index is -3.61. The van der Waals surface area contributed by atoms with Gasteiger partial charge in [-0.1, -0.05) is 0 Å². The molecule has 7 nitrogen and oxygen atoms in total. The summed E-state index contributed by atoms with van der Waals surface area (Å²) in [7, 11) is -5.69. The van der Waals surface area contributed by atoms with Crippen LogP contribution in [-0.4, -0.2) is 52.4 Å². The molecular weight excluding hydrogens is 319 g/mol. The second-order valence-electron chi connectivity index (χ2n) is 4.84. The molecule has 1 aliphatic heterocycles. The van der Waals surface area contributed by atoms with Gasteiger partial charge < -0.3 is 18.5 Å². The van der Waals surface area contributed by atoms with Crippen LogP contribution in [0.25, 0.3) is 0 Å². The van der Waals surface area contributed by atoms with E-state index in [1.807, 2.05) is 0 Å². The number of ether oxygens (including phenoxy) is 2. The zero-order valence-corrected chi connectivity index (χ0v) is 14.5. The topological polar surface area (TPSA) is 88.1 Å². The van der Waals surface area contributed by atoms with Gasteiger partial charge in [0.15, 0.2) is 21.6 Å². The van der Waals surface area contributed by atoms with Gasteiger partial charge in [-0.3, -0.25) is 4.57 Å². The molecule has 0 amide bonds. The van der Waals surface area contributed by atoms with E-state index in [-0.39, 0.29) is 25.3 Å². The van der Waals surface area contributed by atoms with Gasteiger partial charge in [-0.2, -0.15) is 0 Å². The van der Waals surface area contributed by atoms with E-state index in [4.69, 9.17) is 18.5 Å². The largest absolute Gasteiger partial charge is 0.356 e. The molecule has 1 fully saturated rings. The summed E-state index contributed by atoms with van der Waals surface area (Å²) in [5.74, 6) is -0.197. The van der Waals surface area contributed by atoms with Gasteiger partial charge in [0.05, 0.1) is 25.1 Å². The van der Waals surface area contributed by atoms with Crippen molar-refractivity contribution < 1.29 is 31.5 Å². The van der Waals surface area contributed by atoms with Crippen molar-refractivity contribution in [2.75, 3.05) is 31.6 Å². The van der Waals surface area contributed by atoms with Crippen molar-refractivity contribution in [2.45, 2.75) is 45.5 Å². The maximum Gasteiger partial charge on any atom is 0.345 e. The number of hydrogen-bond donors (Lipinski definition) is 0. The van der Waals surface area contributed by atoms with Crippen LogP contribution in [-0.2, 0) is 32.9 Å². The lowest BCUT2D eigenvalue weighted by Crippen LogP contribution is -2.34. The Labute approximate surface area is 126 Å². The molecule has 21 heavy (non-hydrogen) atoms. The minimum absolute atomic E-state index is 0.137. The van der Waals surface area contributed by atoms with Gasteiger partial charge in [0.2, 0.25) is 0 Å². The fourth-order valence-electron chi connectivity index (χ4n) is 2.24. The van der Waals surface area contributed by atoms with Crippen molar-refractivity contribution in [2.24, 2.45) is 0 Å². The van der Waals surface area contributed by atoms with Gasteiger partial charge in [-0.25, -0.2) is 8.42 Å². The molecule has 1 rings (SSSR count). The number of methoxy groups -OCH3 is 1. The maximum absolute atomic E-state index is 12.3. The Bertz CT molecular complexity index is 441. The van der Waals surface area contributed by atoms with Crippen LogP contribution in [0.3, 0.4) is 0 Å². The summed E-state index contributed by atoms with van der Waals surface area (Å²) in [4.78, 5) is 0. The van der Waals surface area contributed by atoms with Crippen LogP contribution in [0.4, 0.5) is 0 Å². The van der Waals surface area contributed by atoms with Crippen LogP contribution in [0.1, 0.15) is 33.1 Å². The summed E-state index contributed by atoms with van der Waals surface area (Å²) in [5.41, 5.74) is -0.612. The highest BCUT2D eigenvalue weighted by molar-refractivity contribution is 7.97. The van der Waals surface area contributed by atoms with Gasteiger partial charge in [0.1, 0.15) is 0 Å². The maximum atomic E-state index is 12.3. The first-order valence-corrected chi connectivity index (χ1v) is 10.7. The molecule has 0 radical (unpaired) electrons. The van der Waals surface area contributed by atoms with E-state index in [0.29, 0.717) is 6.42 Å². The Kier molecular flexibility index (Phi) is 7.81. The average Bonchev–Trinajstić information content (AvgIpc) is 2.37. The third-order valence-electron chi connectivity index (χ3n) is 3.02. The summed E-state index contributed by atoms with van der Waals surface area (Å²) in [6.45, 7) is 3.56. The molecule has 126 valence electrons. The van der Waals surface area contributed by atoms with Crippen LogP contribution in [0.2, 0.25) is 0 Å². The van der Waals surface area contributed by atoms with Gasteiger partial charge in [0.25, 0.3) is 0 Å². The molecule has 0 saturated carbocycles. The SMILES string of the molecule is CCOP(=O)(CS(=O)(=O)C[C@@H]1CCC[C@@H](OC)O1)OCC. The molecule has 0 bridgehead atoms. The Morgan fingerprint density at radius 2 is 1.81 bits per heavy atom. The minimum Gasteiger partial charge on any atom is -0.356 e. The van der Waals surface area contributed by atoms with E-state index in [9.17, 15) is 13.0 Å². The predicted octanol–water partition coefficient (Wildman–Crippen LogP) is 2.17. The lowest BCUT2D eigenvalue weighted by Gasteiger charge is -2.29. The van der Waals surface area contributed by atoms with E-state index in [0.717, 1.165) is 12.8 Å². The average molecular weight is 344 g/mol. The van der Waals surface area contributed by atoms with Crippen LogP contribution in [0, 0.1) is 0 Å². The third-order valence-corrected chi connectivity index (χ3v) is 8.04. The lowest BCUT2D eigenvalue weighted by atomic mass is 10.1. The van der Waals surface area contributed by atoms with E-state index in [1.54, 1.807) is 13.8 Å². The molecule has 2 atom stereocenters. The first-order chi connectivity index (χ1) is 9.84. The number of hydrogen-bond acceptors (Lipinski definition) is 7. The molecule has 1 heterocycles. The number of sulfone groups is 1. The van der Waals surface area contributed by atoms with Gasteiger partial charge in [-0.05, 0) is 33.1 Å². The molecule has 0 aromatic rings. The van der Waals surface area contributed by atoms with Gasteiger partial charge in [0, 0.05) is 7.11 Å². The van der Waals surface area contributed by atoms with Crippen LogP contribution in [0.15, 0.2) is 0 Å². The van der Waals surface area contributed by atoms with Crippen molar-refractivity contribution in [3.05, 3.63) is 0 Å². The monoisotopic (exact) mass is 344 g/mol. The highest BCUT2D eigenvalue weighted by Gasteiger charge is 2.34. The number of rotatable bonds is 9. The highest BCUT2D eigenvalue weighted by Crippen LogP contribution is 2.49. The summed E-state index contributed by atoms with van der Waals surface area (Å²) < 4.78 is 57.4. The third kappa shape index (κ3) is 6.76. The van der Waals surface area contributed by atoms with E-state index >= 15 is 0 Å². The van der Waals surface area contributed by atoms with Crippen LogP contribution in [0.5, 0.6) is 0 Å².